The molecule has 0 unspecified atom stereocenters. The summed E-state index contributed by atoms with van der Waals surface area (Å²) in [5.41, 5.74) is -0.463. The van der Waals surface area contributed by atoms with E-state index in [0.29, 0.717) is 18.5 Å². The van der Waals surface area contributed by atoms with E-state index in [0.717, 1.165) is 12.8 Å². The number of hydrogen-bond acceptors (Lipinski definition) is 4. The van der Waals surface area contributed by atoms with Crippen molar-refractivity contribution in [2.75, 3.05) is 11.9 Å². The number of carbonyl (C=O) groups is 2. The lowest BCUT2D eigenvalue weighted by Gasteiger charge is -2.27. The first-order valence-corrected chi connectivity index (χ1v) is 9.18. The highest BCUT2D eigenvalue weighted by Crippen LogP contribution is 2.43. The minimum absolute atomic E-state index is 0.0440. The van der Waals surface area contributed by atoms with Crippen molar-refractivity contribution in [3.8, 4) is 5.75 Å². The Bertz CT molecular complexity index is 864. The zero-order chi connectivity index (χ0) is 20.9. The fourth-order valence-electron chi connectivity index (χ4n) is 3.60. The molecule has 0 aliphatic heterocycles. The van der Waals surface area contributed by atoms with Crippen molar-refractivity contribution >= 4 is 17.6 Å². The molecule has 0 atom stereocenters. The highest BCUT2D eigenvalue weighted by atomic mass is 19.3. The monoisotopic (exact) mass is 407 g/mol. The first-order chi connectivity index (χ1) is 13.9. The molecule has 0 saturated heterocycles. The smallest absolute Gasteiger partial charge is 0.387 e. The van der Waals surface area contributed by atoms with Gasteiger partial charge >= 0.3 is 12.6 Å². The number of rotatable bonds is 7. The van der Waals surface area contributed by atoms with Crippen LogP contribution in [0, 0.1) is 5.82 Å². The molecule has 0 aromatic heterocycles. The largest absolute Gasteiger partial charge is 0.455 e. The minimum Gasteiger partial charge on any atom is -0.455 e. The Labute approximate surface area is 165 Å². The Morgan fingerprint density at radius 3 is 2.31 bits per heavy atom. The van der Waals surface area contributed by atoms with Crippen LogP contribution in [0.4, 0.5) is 18.9 Å². The molecule has 2 aromatic carbocycles. The maximum atomic E-state index is 14.3. The summed E-state index contributed by atoms with van der Waals surface area (Å²) in [6, 6.07) is 11.4. The third-order valence-electron chi connectivity index (χ3n) is 4.93. The molecular formula is C21H20F3NO4. The Morgan fingerprint density at radius 2 is 1.69 bits per heavy atom. The second-order valence-electron chi connectivity index (χ2n) is 6.80. The second-order valence-corrected chi connectivity index (χ2v) is 6.80. The van der Waals surface area contributed by atoms with E-state index in [4.69, 9.17) is 4.74 Å². The van der Waals surface area contributed by atoms with Crippen LogP contribution in [0.1, 0.15) is 31.2 Å². The first-order valence-electron chi connectivity index (χ1n) is 9.18. The number of amides is 1. The summed E-state index contributed by atoms with van der Waals surface area (Å²) >= 11 is 0. The van der Waals surface area contributed by atoms with Crippen LogP contribution in [0.15, 0.2) is 48.5 Å². The summed E-state index contributed by atoms with van der Waals surface area (Å²) in [5.74, 6) is -1.74. The average Bonchev–Trinajstić information content (AvgIpc) is 3.18. The van der Waals surface area contributed by atoms with E-state index in [2.05, 4.69) is 10.1 Å². The van der Waals surface area contributed by atoms with E-state index in [1.54, 1.807) is 18.2 Å². The number of anilines is 1. The Hall–Kier alpha value is -3.03. The van der Waals surface area contributed by atoms with Crippen LogP contribution in [-0.4, -0.2) is 25.1 Å². The van der Waals surface area contributed by atoms with E-state index in [9.17, 15) is 22.8 Å². The predicted octanol–water partition coefficient (Wildman–Crippen LogP) is 4.42. The summed E-state index contributed by atoms with van der Waals surface area (Å²) in [7, 11) is 0. The van der Waals surface area contributed by atoms with Crippen LogP contribution in [0.25, 0.3) is 0 Å². The average molecular weight is 407 g/mol. The lowest BCUT2D eigenvalue weighted by Crippen LogP contribution is -2.37. The van der Waals surface area contributed by atoms with Crippen LogP contribution in [-0.2, 0) is 19.7 Å². The van der Waals surface area contributed by atoms with E-state index < -0.39 is 36.3 Å². The number of ether oxygens (including phenoxy) is 2. The molecule has 1 saturated carbocycles. The zero-order valence-electron chi connectivity index (χ0n) is 15.5. The molecule has 1 N–H and O–H groups in total. The number of alkyl halides is 2. The van der Waals surface area contributed by atoms with Gasteiger partial charge in [0.2, 0.25) is 0 Å². The molecule has 0 bridgehead atoms. The number of nitrogens with one attached hydrogen (secondary N) is 1. The van der Waals surface area contributed by atoms with Crippen molar-refractivity contribution in [3.63, 3.8) is 0 Å². The second kappa shape index (κ2) is 8.98. The standard InChI is InChI=1S/C21H20F3NO4/c22-17-6-2-1-5-16(17)21(11-3-4-12-21)19(27)28-13-18(26)25-14-7-9-15(10-8-14)29-20(23)24/h1-2,5-10,20H,3-4,11-13H2,(H,25,26). The van der Waals surface area contributed by atoms with Gasteiger partial charge in [-0.2, -0.15) is 8.78 Å². The lowest BCUT2D eigenvalue weighted by atomic mass is 9.78. The molecule has 29 heavy (non-hydrogen) atoms. The molecule has 154 valence electrons. The molecule has 1 aliphatic carbocycles. The summed E-state index contributed by atoms with van der Waals surface area (Å²) in [5, 5.41) is 2.50. The zero-order valence-corrected chi connectivity index (χ0v) is 15.5. The number of hydrogen-bond donors (Lipinski definition) is 1. The Kier molecular flexibility index (Phi) is 6.41. The van der Waals surface area contributed by atoms with Crippen LogP contribution in [0.2, 0.25) is 0 Å². The molecule has 1 fully saturated rings. The van der Waals surface area contributed by atoms with Crippen LogP contribution in [0.5, 0.6) is 5.75 Å². The number of carbonyl (C=O) groups excluding carboxylic acids is 2. The maximum absolute atomic E-state index is 14.3. The summed E-state index contributed by atoms with van der Waals surface area (Å²) < 4.78 is 48.0. The van der Waals surface area contributed by atoms with E-state index in [-0.39, 0.29) is 11.3 Å². The SMILES string of the molecule is O=C(COC(=O)C1(c2ccccc2F)CCCC1)Nc1ccc(OC(F)F)cc1. The number of halogens is 3. The molecular weight excluding hydrogens is 387 g/mol. The van der Waals surface area contributed by atoms with Crippen molar-refractivity contribution in [1.82, 2.24) is 0 Å². The van der Waals surface area contributed by atoms with Gasteiger partial charge in [-0.05, 0) is 43.2 Å². The quantitative estimate of drug-likeness (QED) is 0.690. The van der Waals surface area contributed by atoms with Gasteiger partial charge in [0.05, 0.1) is 5.41 Å². The summed E-state index contributed by atoms with van der Waals surface area (Å²) in [6.07, 6.45) is 2.45. The van der Waals surface area contributed by atoms with Gasteiger partial charge < -0.3 is 14.8 Å². The van der Waals surface area contributed by atoms with Gasteiger partial charge in [-0.1, -0.05) is 31.0 Å². The third-order valence-corrected chi connectivity index (χ3v) is 4.93. The van der Waals surface area contributed by atoms with Crippen molar-refractivity contribution in [3.05, 3.63) is 59.9 Å². The van der Waals surface area contributed by atoms with Gasteiger partial charge in [0.1, 0.15) is 11.6 Å². The van der Waals surface area contributed by atoms with Crippen LogP contribution >= 0.6 is 0 Å². The molecule has 1 aliphatic rings. The van der Waals surface area contributed by atoms with Gasteiger partial charge in [-0.3, -0.25) is 9.59 Å². The normalized spacial score (nSPS) is 15.2. The van der Waals surface area contributed by atoms with Crippen molar-refractivity contribution in [1.29, 1.82) is 0 Å². The van der Waals surface area contributed by atoms with Crippen LogP contribution < -0.4 is 10.1 Å². The molecule has 2 aromatic rings. The summed E-state index contributed by atoms with van der Waals surface area (Å²) in [6.45, 7) is -3.48. The molecule has 0 heterocycles. The van der Waals surface area contributed by atoms with Crippen molar-refractivity contribution in [2.24, 2.45) is 0 Å². The topological polar surface area (TPSA) is 64.6 Å². The minimum atomic E-state index is -2.94. The molecule has 1 amide bonds. The molecule has 0 spiro atoms. The molecule has 0 radical (unpaired) electrons. The van der Waals surface area contributed by atoms with Crippen molar-refractivity contribution in [2.45, 2.75) is 37.7 Å². The Morgan fingerprint density at radius 1 is 1.03 bits per heavy atom. The Balaban J connectivity index is 1.60. The van der Waals surface area contributed by atoms with E-state index in [1.807, 2.05) is 0 Å². The van der Waals surface area contributed by atoms with Gasteiger partial charge in [0, 0.05) is 11.3 Å². The first kappa shape index (κ1) is 20.7. The molecule has 5 nitrogen and oxygen atoms in total. The highest BCUT2D eigenvalue weighted by Gasteiger charge is 2.45. The van der Waals surface area contributed by atoms with Gasteiger partial charge in [-0.25, -0.2) is 4.39 Å². The predicted molar refractivity (Wildman–Crippen MR) is 99.2 cm³/mol. The van der Waals surface area contributed by atoms with Gasteiger partial charge in [0.25, 0.3) is 5.91 Å². The third kappa shape index (κ3) is 4.88. The highest BCUT2D eigenvalue weighted by molar-refractivity contribution is 5.94. The maximum Gasteiger partial charge on any atom is 0.387 e. The van der Waals surface area contributed by atoms with E-state index in [1.165, 1.54) is 30.3 Å². The van der Waals surface area contributed by atoms with Crippen molar-refractivity contribution < 1.29 is 32.2 Å². The molecule has 3 rings (SSSR count). The number of esters is 1. The fourth-order valence-corrected chi connectivity index (χ4v) is 3.60. The lowest BCUT2D eigenvalue weighted by molar-refractivity contribution is -0.153. The van der Waals surface area contributed by atoms with Crippen LogP contribution in [0.3, 0.4) is 0 Å². The fraction of sp³-hybridized carbons (Fsp3) is 0.333. The molecule has 8 heteroatoms. The summed E-state index contributed by atoms with van der Waals surface area (Å²) in [4.78, 5) is 24.9. The van der Waals surface area contributed by atoms with Gasteiger partial charge in [-0.15, -0.1) is 0 Å². The van der Waals surface area contributed by atoms with Gasteiger partial charge in [0.15, 0.2) is 6.61 Å². The van der Waals surface area contributed by atoms with E-state index >= 15 is 0 Å². The number of benzene rings is 2.